The molecule has 0 saturated carbocycles. The van der Waals surface area contributed by atoms with Gasteiger partial charge in [-0.15, -0.1) is 0 Å². The van der Waals surface area contributed by atoms with Gasteiger partial charge in [-0.3, -0.25) is 9.59 Å². The van der Waals surface area contributed by atoms with Crippen LogP contribution in [0.4, 0.5) is 0 Å². The van der Waals surface area contributed by atoms with Crippen LogP contribution >= 0.6 is 0 Å². The Morgan fingerprint density at radius 1 is 1.12 bits per heavy atom. The van der Waals surface area contributed by atoms with Crippen molar-refractivity contribution < 1.29 is 19.8 Å². The van der Waals surface area contributed by atoms with E-state index in [0.717, 1.165) is 24.6 Å². The average molecular weight is 327 g/mol. The standard InChI is InChI=1S/C19H21NO4/c21-17(22)11-9-14-6-3-4-12-20(14)19(24)16-10-8-13-5-1-2-7-15(13)18(16)23/h1-2,5,7-8,10,14,23H,3-4,6,9,11-12H2,(H,21,22). The molecule has 0 aliphatic carbocycles. The van der Waals surface area contributed by atoms with Gasteiger partial charge in [0.05, 0.1) is 5.56 Å². The second-order valence-corrected chi connectivity index (χ2v) is 6.26. The van der Waals surface area contributed by atoms with Gasteiger partial charge in [-0.25, -0.2) is 0 Å². The fourth-order valence-electron chi connectivity index (χ4n) is 3.44. The van der Waals surface area contributed by atoms with Crippen molar-refractivity contribution in [1.82, 2.24) is 4.90 Å². The molecule has 5 nitrogen and oxygen atoms in total. The Morgan fingerprint density at radius 2 is 1.92 bits per heavy atom. The highest BCUT2D eigenvalue weighted by Crippen LogP contribution is 2.31. The molecular formula is C19H21NO4. The van der Waals surface area contributed by atoms with E-state index >= 15 is 0 Å². The molecule has 0 radical (unpaired) electrons. The molecule has 1 aliphatic rings. The number of fused-ring (bicyclic) bond motifs is 1. The van der Waals surface area contributed by atoms with E-state index in [4.69, 9.17) is 5.11 Å². The molecule has 3 rings (SSSR count). The van der Waals surface area contributed by atoms with Crippen LogP contribution in [0.25, 0.3) is 10.8 Å². The lowest BCUT2D eigenvalue weighted by atomic mass is 9.96. The molecule has 1 fully saturated rings. The molecule has 5 heteroatoms. The lowest BCUT2D eigenvalue weighted by molar-refractivity contribution is -0.137. The predicted molar refractivity (Wildman–Crippen MR) is 91.2 cm³/mol. The van der Waals surface area contributed by atoms with E-state index in [1.807, 2.05) is 24.3 Å². The van der Waals surface area contributed by atoms with E-state index in [1.165, 1.54) is 0 Å². The van der Waals surface area contributed by atoms with Crippen LogP contribution < -0.4 is 0 Å². The quantitative estimate of drug-likeness (QED) is 0.902. The minimum Gasteiger partial charge on any atom is -0.506 e. The van der Waals surface area contributed by atoms with E-state index in [0.29, 0.717) is 18.4 Å². The van der Waals surface area contributed by atoms with Gasteiger partial charge in [0.1, 0.15) is 5.75 Å². The first kappa shape index (κ1) is 16.3. The summed E-state index contributed by atoms with van der Waals surface area (Å²) in [7, 11) is 0. The predicted octanol–water partition coefficient (Wildman–Crippen LogP) is 3.40. The van der Waals surface area contributed by atoms with E-state index in [2.05, 4.69) is 0 Å². The smallest absolute Gasteiger partial charge is 0.303 e. The molecule has 24 heavy (non-hydrogen) atoms. The van der Waals surface area contributed by atoms with E-state index in [1.54, 1.807) is 17.0 Å². The summed E-state index contributed by atoms with van der Waals surface area (Å²) in [5.74, 6) is -1.06. The number of amides is 1. The fourth-order valence-corrected chi connectivity index (χ4v) is 3.44. The zero-order valence-corrected chi connectivity index (χ0v) is 13.4. The van der Waals surface area contributed by atoms with Gasteiger partial charge in [-0.2, -0.15) is 0 Å². The Kier molecular flexibility index (Phi) is 4.69. The maximum absolute atomic E-state index is 12.9. The molecule has 1 heterocycles. The summed E-state index contributed by atoms with van der Waals surface area (Å²) in [4.78, 5) is 25.5. The Hall–Kier alpha value is -2.56. The lowest BCUT2D eigenvalue weighted by Crippen LogP contribution is -2.44. The summed E-state index contributed by atoms with van der Waals surface area (Å²) in [5.41, 5.74) is 0.288. The molecule has 0 bridgehead atoms. The number of nitrogens with zero attached hydrogens (tertiary/aromatic N) is 1. The highest BCUT2D eigenvalue weighted by molar-refractivity contribution is 6.03. The first-order chi connectivity index (χ1) is 11.6. The molecule has 1 saturated heterocycles. The number of carboxylic acids is 1. The van der Waals surface area contributed by atoms with Gasteiger partial charge in [-0.1, -0.05) is 30.3 Å². The van der Waals surface area contributed by atoms with Crippen LogP contribution in [0.5, 0.6) is 5.75 Å². The number of benzene rings is 2. The molecule has 126 valence electrons. The van der Waals surface area contributed by atoms with Crippen molar-refractivity contribution in [3.05, 3.63) is 42.0 Å². The van der Waals surface area contributed by atoms with Crippen LogP contribution in [0.15, 0.2) is 36.4 Å². The second-order valence-electron chi connectivity index (χ2n) is 6.26. The van der Waals surface area contributed by atoms with Gasteiger partial charge in [-0.05, 0) is 37.1 Å². The van der Waals surface area contributed by atoms with Crippen LogP contribution in [0.3, 0.4) is 0 Å². The van der Waals surface area contributed by atoms with Crippen LogP contribution in [-0.4, -0.2) is 39.6 Å². The van der Waals surface area contributed by atoms with Crippen molar-refractivity contribution >= 4 is 22.6 Å². The Balaban J connectivity index is 1.89. The number of aliphatic carboxylic acids is 1. The number of phenolic OH excluding ortho intramolecular Hbond substituents is 1. The number of carboxylic acid groups (broad SMARTS) is 1. The van der Waals surface area contributed by atoms with Crippen molar-refractivity contribution in [2.24, 2.45) is 0 Å². The summed E-state index contributed by atoms with van der Waals surface area (Å²) in [5, 5.41) is 21.0. The molecule has 1 aliphatic heterocycles. The van der Waals surface area contributed by atoms with Gasteiger partial charge in [0.15, 0.2) is 0 Å². The maximum atomic E-state index is 12.9. The molecule has 2 aromatic carbocycles. The van der Waals surface area contributed by atoms with Gasteiger partial charge >= 0.3 is 5.97 Å². The maximum Gasteiger partial charge on any atom is 0.303 e. The molecule has 1 amide bonds. The molecule has 1 atom stereocenters. The fraction of sp³-hybridized carbons (Fsp3) is 0.368. The molecule has 0 spiro atoms. The van der Waals surface area contributed by atoms with E-state index in [9.17, 15) is 14.7 Å². The third kappa shape index (κ3) is 3.20. The minimum atomic E-state index is -0.846. The highest BCUT2D eigenvalue weighted by Gasteiger charge is 2.29. The van der Waals surface area contributed by atoms with Crippen molar-refractivity contribution in [2.75, 3.05) is 6.54 Å². The molecule has 1 unspecified atom stereocenters. The number of carbonyl (C=O) groups excluding carboxylic acids is 1. The van der Waals surface area contributed by atoms with Gasteiger partial charge in [0.2, 0.25) is 0 Å². The number of aromatic hydroxyl groups is 1. The Labute approximate surface area is 140 Å². The van der Waals surface area contributed by atoms with Crippen molar-refractivity contribution in [1.29, 1.82) is 0 Å². The molecular weight excluding hydrogens is 306 g/mol. The monoisotopic (exact) mass is 327 g/mol. The summed E-state index contributed by atoms with van der Waals surface area (Å²) in [6.45, 7) is 0.607. The second kappa shape index (κ2) is 6.91. The van der Waals surface area contributed by atoms with Crippen LogP contribution in [0, 0.1) is 0 Å². The SMILES string of the molecule is O=C(O)CCC1CCCCN1C(=O)c1ccc2ccccc2c1O. The van der Waals surface area contributed by atoms with Crippen molar-refractivity contribution in [2.45, 2.75) is 38.1 Å². The normalized spacial score (nSPS) is 17.8. The van der Waals surface area contributed by atoms with Gasteiger partial charge in [0, 0.05) is 24.4 Å². The number of likely N-dealkylation sites (tertiary alicyclic amines) is 1. The largest absolute Gasteiger partial charge is 0.506 e. The first-order valence-electron chi connectivity index (χ1n) is 8.31. The zero-order valence-electron chi connectivity index (χ0n) is 13.4. The number of phenols is 1. The molecule has 2 aromatic rings. The number of hydrogen-bond donors (Lipinski definition) is 2. The van der Waals surface area contributed by atoms with Gasteiger partial charge in [0.25, 0.3) is 5.91 Å². The van der Waals surface area contributed by atoms with Gasteiger partial charge < -0.3 is 15.1 Å². The van der Waals surface area contributed by atoms with Crippen LogP contribution in [-0.2, 0) is 4.79 Å². The zero-order chi connectivity index (χ0) is 17.1. The molecule has 2 N–H and O–H groups in total. The number of piperidine rings is 1. The molecule has 0 aromatic heterocycles. The number of hydrogen-bond acceptors (Lipinski definition) is 3. The van der Waals surface area contributed by atoms with Crippen LogP contribution in [0.2, 0.25) is 0 Å². The highest BCUT2D eigenvalue weighted by atomic mass is 16.4. The van der Waals surface area contributed by atoms with E-state index in [-0.39, 0.29) is 29.7 Å². The minimum absolute atomic E-state index is 0.000609. The summed E-state index contributed by atoms with van der Waals surface area (Å²) in [6.07, 6.45) is 3.22. The summed E-state index contributed by atoms with van der Waals surface area (Å²) in [6, 6.07) is 10.8. The number of rotatable bonds is 4. The Morgan fingerprint density at radius 3 is 2.71 bits per heavy atom. The summed E-state index contributed by atoms with van der Waals surface area (Å²) < 4.78 is 0. The topological polar surface area (TPSA) is 77.8 Å². The Bertz CT molecular complexity index is 771. The lowest BCUT2D eigenvalue weighted by Gasteiger charge is -2.36. The van der Waals surface area contributed by atoms with Crippen molar-refractivity contribution in [3.63, 3.8) is 0 Å². The summed E-state index contributed by atoms with van der Waals surface area (Å²) >= 11 is 0. The van der Waals surface area contributed by atoms with E-state index < -0.39 is 5.97 Å². The first-order valence-corrected chi connectivity index (χ1v) is 8.31. The third-order valence-electron chi connectivity index (χ3n) is 4.71. The van der Waals surface area contributed by atoms with Crippen LogP contribution in [0.1, 0.15) is 42.5 Å². The number of carbonyl (C=O) groups is 2. The van der Waals surface area contributed by atoms with Crippen molar-refractivity contribution in [3.8, 4) is 5.75 Å². The third-order valence-corrected chi connectivity index (χ3v) is 4.71. The average Bonchev–Trinajstić information content (AvgIpc) is 2.60.